The Bertz CT molecular complexity index is 480. The number of anilines is 2. The molecule has 7 heteroatoms. The number of nitrogens with one attached hydrogen (secondary N) is 1. The predicted octanol–water partition coefficient (Wildman–Crippen LogP) is 3.58. The van der Waals surface area contributed by atoms with Crippen LogP contribution < -0.4 is 5.32 Å². The van der Waals surface area contributed by atoms with Gasteiger partial charge in [-0.2, -0.15) is 0 Å². The minimum Gasteiger partial charge on any atom is -0.322 e. The summed E-state index contributed by atoms with van der Waals surface area (Å²) in [5.41, 5.74) is 0.513. The van der Waals surface area contributed by atoms with Crippen LogP contribution in [0.5, 0.6) is 0 Å². The Morgan fingerprint density at radius 3 is 2.06 bits per heavy atom. The van der Waals surface area contributed by atoms with Gasteiger partial charge >= 0.3 is 0 Å². The smallest absolute Gasteiger partial charge is 0.230 e. The minimum absolute atomic E-state index is 0.362. The Morgan fingerprint density at radius 2 is 1.50 bits per heavy atom. The molecule has 4 nitrogen and oxygen atoms in total. The number of benzene rings is 1. The van der Waals surface area contributed by atoms with Gasteiger partial charge in [0.1, 0.15) is 12.7 Å². The highest BCUT2D eigenvalue weighted by molar-refractivity contribution is 6.41. The lowest BCUT2D eigenvalue weighted by molar-refractivity contribution is 1.05. The van der Waals surface area contributed by atoms with E-state index >= 15 is 0 Å². The van der Waals surface area contributed by atoms with Gasteiger partial charge in [0.15, 0.2) is 0 Å². The van der Waals surface area contributed by atoms with Crippen LogP contribution in [0.25, 0.3) is 0 Å². The van der Waals surface area contributed by atoms with Crippen molar-refractivity contribution in [3.8, 4) is 0 Å². The molecule has 0 radical (unpaired) electrons. The first-order chi connectivity index (χ1) is 7.66. The minimum atomic E-state index is 0.362. The molecular weight excluding hydrogens is 270 g/mol. The Hall–Kier alpha value is -1.10. The highest BCUT2D eigenvalue weighted by atomic mass is 35.5. The van der Waals surface area contributed by atoms with Crippen molar-refractivity contribution in [1.82, 2.24) is 15.0 Å². The van der Waals surface area contributed by atoms with E-state index in [-0.39, 0.29) is 0 Å². The molecule has 0 unspecified atom stereocenters. The summed E-state index contributed by atoms with van der Waals surface area (Å²) >= 11 is 17.8. The molecule has 1 N–H and O–H groups in total. The third-order valence-electron chi connectivity index (χ3n) is 1.74. The average molecular weight is 276 g/mol. The van der Waals surface area contributed by atoms with Crippen LogP contribution in [0.4, 0.5) is 11.6 Å². The van der Waals surface area contributed by atoms with E-state index in [4.69, 9.17) is 34.8 Å². The normalized spacial score (nSPS) is 10.2. The molecule has 0 aliphatic heterocycles. The number of nitrogens with zero attached hydrogens (tertiary/aromatic N) is 3. The zero-order valence-corrected chi connectivity index (χ0v) is 10.1. The summed E-state index contributed by atoms with van der Waals surface area (Å²) in [5, 5.41) is 4.15. The molecule has 0 saturated heterocycles. The van der Waals surface area contributed by atoms with Crippen molar-refractivity contribution in [2.45, 2.75) is 0 Å². The van der Waals surface area contributed by atoms with Gasteiger partial charge in [-0.05, 0) is 12.1 Å². The van der Waals surface area contributed by atoms with Crippen LogP contribution in [0, 0.1) is 0 Å². The van der Waals surface area contributed by atoms with Crippen LogP contribution in [-0.2, 0) is 0 Å². The molecule has 2 rings (SSSR count). The second-order valence-corrected chi connectivity index (χ2v) is 4.08. The largest absolute Gasteiger partial charge is 0.322 e. The zero-order valence-electron chi connectivity index (χ0n) is 7.78. The summed E-state index contributed by atoms with van der Waals surface area (Å²) in [6, 6.07) is 3.16. The second-order valence-electron chi connectivity index (χ2n) is 2.83. The summed E-state index contributed by atoms with van der Waals surface area (Å²) in [5.74, 6) is 0.362. The first-order valence-electron chi connectivity index (χ1n) is 4.20. The van der Waals surface area contributed by atoms with E-state index in [1.54, 1.807) is 12.1 Å². The van der Waals surface area contributed by atoms with E-state index < -0.39 is 0 Å². The molecule has 16 heavy (non-hydrogen) atoms. The van der Waals surface area contributed by atoms with E-state index in [0.29, 0.717) is 26.7 Å². The van der Waals surface area contributed by atoms with Crippen LogP contribution in [0.3, 0.4) is 0 Å². The van der Waals surface area contributed by atoms with Crippen LogP contribution in [0.2, 0.25) is 15.1 Å². The fourth-order valence-corrected chi connectivity index (χ4v) is 1.99. The Morgan fingerprint density at radius 1 is 0.938 bits per heavy atom. The maximum absolute atomic E-state index is 5.98. The van der Waals surface area contributed by atoms with Crippen LogP contribution in [0.1, 0.15) is 0 Å². The monoisotopic (exact) mass is 274 g/mol. The number of hydrogen-bond acceptors (Lipinski definition) is 4. The van der Waals surface area contributed by atoms with Gasteiger partial charge in [0.25, 0.3) is 0 Å². The number of hydrogen-bond donors (Lipinski definition) is 1. The summed E-state index contributed by atoms with van der Waals surface area (Å²) in [6.07, 6.45) is 2.74. The first-order valence-corrected chi connectivity index (χ1v) is 5.34. The van der Waals surface area contributed by atoms with E-state index in [0.717, 1.165) is 0 Å². The molecule has 0 bridgehead atoms. The van der Waals surface area contributed by atoms with Crippen LogP contribution in [-0.4, -0.2) is 15.0 Å². The predicted molar refractivity (Wildman–Crippen MR) is 64.6 cm³/mol. The van der Waals surface area contributed by atoms with Gasteiger partial charge in [-0.1, -0.05) is 34.8 Å². The molecule has 1 heterocycles. The molecule has 0 amide bonds. The Labute approximate surface area is 107 Å². The average Bonchev–Trinajstić information content (AvgIpc) is 2.25. The van der Waals surface area contributed by atoms with Crippen molar-refractivity contribution in [2.75, 3.05) is 5.32 Å². The molecule has 0 aliphatic carbocycles. The topological polar surface area (TPSA) is 50.7 Å². The van der Waals surface area contributed by atoms with Crippen LogP contribution in [0.15, 0.2) is 24.8 Å². The fraction of sp³-hybridized carbons (Fsp3) is 0. The fourth-order valence-electron chi connectivity index (χ4n) is 1.08. The van der Waals surface area contributed by atoms with Gasteiger partial charge in [-0.25, -0.2) is 15.0 Å². The number of rotatable bonds is 2. The Balaban J connectivity index is 2.35. The van der Waals surface area contributed by atoms with Gasteiger partial charge in [0, 0.05) is 5.02 Å². The lowest BCUT2D eigenvalue weighted by atomic mass is 10.3. The van der Waals surface area contributed by atoms with E-state index in [2.05, 4.69) is 20.3 Å². The van der Waals surface area contributed by atoms with E-state index in [1.807, 2.05) is 0 Å². The van der Waals surface area contributed by atoms with E-state index in [1.165, 1.54) is 12.7 Å². The van der Waals surface area contributed by atoms with Gasteiger partial charge in [-0.15, -0.1) is 0 Å². The summed E-state index contributed by atoms with van der Waals surface area (Å²) < 4.78 is 0. The maximum Gasteiger partial charge on any atom is 0.230 e. The first kappa shape index (κ1) is 11.4. The van der Waals surface area contributed by atoms with Gasteiger partial charge in [0.05, 0.1) is 15.7 Å². The van der Waals surface area contributed by atoms with E-state index in [9.17, 15) is 0 Å². The second kappa shape index (κ2) is 4.82. The lowest BCUT2D eigenvalue weighted by Crippen LogP contribution is -1.98. The quantitative estimate of drug-likeness (QED) is 0.910. The van der Waals surface area contributed by atoms with Crippen molar-refractivity contribution < 1.29 is 0 Å². The summed E-state index contributed by atoms with van der Waals surface area (Å²) in [7, 11) is 0. The maximum atomic E-state index is 5.98. The van der Waals surface area contributed by atoms with Crippen molar-refractivity contribution in [1.29, 1.82) is 0 Å². The molecule has 0 aliphatic rings. The Kier molecular flexibility index (Phi) is 3.43. The molecule has 0 saturated carbocycles. The molecule has 2 aromatic rings. The molecule has 82 valence electrons. The van der Waals surface area contributed by atoms with Gasteiger partial charge in [-0.3, -0.25) is 0 Å². The van der Waals surface area contributed by atoms with Crippen molar-refractivity contribution >= 4 is 46.4 Å². The van der Waals surface area contributed by atoms with Crippen molar-refractivity contribution in [2.24, 2.45) is 0 Å². The van der Waals surface area contributed by atoms with Crippen molar-refractivity contribution in [3.63, 3.8) is 0 Å². The summed E-state index contributed by atoms with van der Waals surface area (Å²) in [6.45, 7) is 0. The van der Waals surface area contributed by atoms with Crippen molar-refractivity contribution in [3.05, 3.63) is 39.9 Å². The standard InChI is InChI=1S/C9H5Cl3N4/c10-5-1-6(11)8(7(12)2-5)16-9-14-3-13-4-15-9/h1-4H,(H,13,14,15,16). The number of halogens is 3. The molecule has 0 fully saturated rings. The highest BCUT2D eigenvalue weighted by Gasteiger charge is 2.08. The highest BCUT2D eigenvalue weighted by Crippen LogP contribution is 2.34. The zero-order chi connectivity index (χ0) is 11.5. The third-order valence-corrected chi connectivity index (χ3v) is 2.55. The third kappa shape index (κ3) is 2.52. The number of aromatic nitrogens is 3. The van der Waals surface area contributed by atoms with Crippen LogP contribution >= 0.6 is 34.8 Å². The lowest BCUT2D eigenvalue weighted by Gasteiger charge is -2.08. The SMILES string of the molecule is Clc1cc(Cl)c(Nc2ncncn2)c(Cl)c1. The molecule has 0 atom stereocenters. The molecular formula is C9H5Cl3N4. The molecule has 0 spiro atoms. The van der Waals surface area contributed by atoms with Gasteiger partial charge < -0.3 is 5.32 Å². The summed E-state index contributed by atoms with van der Waals surface area (Å²) in [4.78, 5) is 11.5. The molecule has 1 aromatic carbocycles. The molecule has 1 aromatic heterocycles. The van der Waals surface area contributed by atoms with Gasteiger partial charge in [0.2, 0.25) is 5.95 Å².